The monoisotopic (exact) mass is 183 g/mol. The van der Waals surface area contributed by atoms with Gasteiger partial charge in [-0.05, 0) is 24.3 Å². The zero-order chi connectivity index (χ0) is 9.38. The molecule has 0 spiro atoms. The molecule has 3 rings (SSSR count). The van der Waals surface area contributed by atoms with Crippen molar-refractivity contribution in [2.75, 3.05) is 0 Å². The maximum atomic E-state index is 5.53. The lowest BCUT2D eigenvalue weighted by atomic mass is 10.2. The fourth-order valence-corrected chi connectivity index (χ4v) is 1.69. The second kappa shape index (κ2) is 2.77. The molecule has 1 aliphatic rings. The summed E-state index contributed by atoms with van der Waals surface area (Å²) in [5.74, 6) is 0.908. The van der Waals surface area contributed by atoms with Gasteiger partial charge in [0.25, 0.3) is 0 Å². The van der Waals surface area contributed by atoms with Crippen LogP contribution >= 0.6 is 0 Å². The van der Waals surface area contributed by atoms with Gasteiger partial charge in [-0.3, -0.25) is 0 Å². The molecular weight excluding hydrogens is 174 g/mol. The van der Waals surface area contributed by atoms with E-state index >= 15 is 0 Å². The van der Waals surface area contributed by atoms with Crippen LogP contribution in [0.1, 0.15) is 5.69 Å². The van der Waals surface area contributed by atoms with E-state index < -0.39 is 0 Å². The van der Waals surface area contributed by atoms with Gasteiger partial charge >= 0.3 is 0 Å². The van der Waals surface area contributed by atoms with Crippen molar-refractivity contribution in [1.82, 2.24) is 4.98 Å². The molecule has 14 heavy (non-hydrogen) atoms. The first kappa shape index (κ1) is 7.44. The van der Waals surface area contributed by atoms with Crippen molar-refractivity contribution in [1.29, 1.82) is 0 Å². The van der Waals surface area contributed by atoms with E-state index in [9.17, 15) is 0 Å². The highest BCUT2D eigenvalue weighted by atomic mass is 16.5. The third-order valence-corrected chi connectivity index (χ3v) is 2.32. The van der Waals surface area contributed by atoms with Crippen molar-refractivity contribution in [3.8, 4) is 5.75 Å². The Hall–Kier alpha value is -1.96. The van der Waals surface area contributed by atoms with Crippen LogP contribution in [0.15, 0.2) is 42.7 Å². The molecule has 0 saturated carbocycles. The Morgan fingerprint density at radius 2 is 2.00 bits per heavy atom. The standard InChI is InChI=1S/C12H9NO/c1-2-6-10-9(5-1)12-11(13-10)7-3-4-8-14-12/h1-8,13H. The molecule has 0 saturated heterocycles. The number of hydrogen-bond acceptors (Lipinski definition) is 1. The minimum absolute atomic E-state index is 0.908. The summed E-state index contributed by atoms with van der Waals surface area (Å²) in [5.41, 5.74) is 2.13. The minimum atomic E-state index is 0.908. The summed E-state index contributed by atoms with van der Waals surface area (Å²) in [6, 6.07) is 8.12. The molecule has 0 atom stereocenters. The Kier molecular flexibility index (Phi) is 1.47. The van der Waals surface area contributed by atoms with Gasteiger partial charge in [-0.2, -0.15) is 0 Å². The number of allylic oxidation sites excluding steroid dienone is 2. The van der Waals surface area contributed by atoms with E-state index in [-0.39, 0.29) is 0 Å². The number of aromatic nitrogens is 1. The molecule has 0 bridgehead atoms. The van der Waals surface area contributed by atoms with E-state index in [2.05, 4.69) is 11.1 Å². The zero-order valence-corrected chi connectivity index (χ0v) is 7.53. The normalized spacial score (nSPS) is 13.7. The van der Waals surface area contributed by atoms with Crippen LogP contribution in [0.5, 0.6) is 5.75 Å². The third kappa shape index (κ3) is 0.973. The van der Waals surface area contributed by atoms with Gasteiger partial charge in [0.1, 0.15) is 0 Å². The van der Waals surface area contributed by atoms with Crippen LogP contribution < -0.4 is 4.74 Å². The molecule has 1 N–H and O–H groups in total. The van der Waals surface area contributed by atoms with Gasteiger partial charge in [-0.1, -0.05) is 18.2 Å². The molecule has 1 aromatic carbocycles. The lowest BCUT2D eigenvalue weighted by Crippen LogP contribution is -1.80. The van der Waals surface area contributed by atoms with Gasteiger partial charge in [-0.15, -0.1) is 0 Å². The average Bonchev–Trinajstić information content (AvgIpc) is 2.42. The molecule has 2 heterocycles. The van der Waals surface area contributed by atoms with Gasteiger partial charge < -0.3 is 9.72 Å². The van der Waals surface area contributed by atoms with Crippen LogP contribution in [0.4, 0.5) is 0 Å². The predicted octanol–water partition coefficient (Wildman–Crippen LogP) is 3.09. The van der Waals surface area contributed by atoms with Crippen LogP contribution in [0.3, 0.4) is 0 Å². The molecule has 0 unspecified atom stereocenters. The van der Waals surface area contributed by atoms with E-state index in [1.54, 1.807) is 6.26 Å². The Balaban J connectivity index is 2.37. The van der Waals surface area contributed by atoms with E-state index in [1.807, 2.05) is 36.4 Å². The quantitative estimate of drug-likeness (QED) is 0.667. The summed E-state index contributed by atoms with van der Waals surface area (Å²) >= 11 is 0. The number of benzene rings is 1. The van der Waals surface area contributed by atoms with Crippen LogP contribution in [0.25, 0.3) is 17.0 Å². The molecule has 1 aromatic heterocycles. The van der Waals surface area contributed by atoms with Gasteiger partial charge in [-0.25, -0.2) is 0 Å². The first-order valence-electron chi connectivity index (χ1n) is 4.56. The second-order valence-corrected chi connectivity index (χ2v) is 3.22. The molecule has 0 aliphatic carbocycles. The molecule has 2 nitrogen and oxygen atoms in total. The maximum absolute atomic E-state index is 5.53. The summed E-state index contributed by atoms with van der Waals surface area (Å²) < 4.78 is 5.53. The Morgan fingerprint density at radius 3 is 3.00 bits per heavy atom. The SMILES string of the molecule is C1=COc2c([nH]c3ccccc23)C=C1. The fourth-order valence-electron chi connectivity index (χ4n) is 1.69. The maximum Gasteiger partial charge on any atom is 0.159 e. The summed E-state index contributed by atoms with van der Waals surface area (Å²) in [4.78, 5) is 3.30. The zero-order valence-electron chi connectivity index (χ0n) is 7.53. The van der Waals surface area contributed by atoms with Crippen LogP contribution in [0, 0.1) is 0 Å². The van der Waals surface area contributed by atoms with Crippen LogP contribution in [-0.4, -0.2) is 4.98 Å². The number of ether oxygens (including phenoxy) is 1. The second-order valence-electron chi connectivity index (χ2n) is 3.22. The highest BCUT2D eigenvalue weighted by molar-refractivity contribution is 5.90. The summed E-state index contributed by atoms with van der Waals surface area (Å²) in [6.07, 6.45) is 7.55. The first-order valence-corrected chi connectivity index (χ1v) is 4.56. The topological polar surface area (TPSA) is 25.0 Å². The van der Waals surface area contributed by atoms with Crippen molar-refractivity contribution < 1.29 is 4.74 Å². The van der Waals surface area contributed by atoms with Crippen LogP contribution in [-0.2, 0) is 0 Å². The lowest BCUT2D eigenvalue weighted by Gasteiger charge is -1.97. The van der Waals surface area contributed by atoms with Gasteiger partial charge in [0.05, 0.1) is 12.0 Å². The van der Waals surface area contributed by atoms with Gasteiger partial charge in [0.2, 0.25) is 0 Å². The predicted molar refractivity (Wildman–Crippen MR) is 57.1 cm³/mol. The Morgan fingerprint density at radius 1 is 1.07 bits per heavy atom. The van der Waals surface area contributed by atoms with E-state index in [4.69, 9.17) is 4.74 Å². The third-order valence-electron chi connectivity index (χ3n) is 2.32. The van der Waals surface area contributed by atoms with Crippen molar-refractivity contribution >= 4 is 17.0 Å². The molecule has 0 fully saturated rings. The Bertz CT molecular complexity index is 534. The van der Waals surface area contributed by atoms with Crippen molar-refractivity contribution in [2.24, 2.45) is 0 Å². The largest absolute Gasteiger partial charge is 0.462 e. The number of nitrogens with one attached hydrogen (secondary N) is 1. The first-order chi connectivity index (χ1) is 6.95. The number of rotatable bonds is 0. The highest BCUT2D eigenvalue weighted by Gasteiger charge is 2.10. The van der Waals surface area contributed by atoms with Gasteiger partial charge in [0, 0.05) is 10.9 Å². The highest BCUT2D eigenvalue weighted by Crippen LogP contribution is 2.31. The molecule has 68 valence electrons. The summed E-state index contributed by atoms with van der Waals surface area (Å²) in [6.45, 7) is 0. The van der Waals surface area contributed by atoms with Crippen molar-refractivity contribution in [3.05, 3.63) is 48.4 Å². The van der Waals surface area contributed by atoms with E-state index in [0.29, 0.717) is 0 Å². The fraction of sp³-hybridized carbons (Fsp3) is 0. The molecule has 1 aliphatic heterocycles. The summed E-state index contributed by atoms with van der Waals surface area (Å²) in [5, 5.41) is 1.12. The number of para-hydroxylation sites is 1. The number of hydrogen-bond donors (Lipinski definition) is 1. The molecule has 0 amide bonds. The van der Waals surface area contributed by atoms with E-state index in [0.717, 1.165) is 22.3 Å². The van der Waals surface area contributed by atoms with Crippen LogP contribution in [0.2, 0.25) is 0 Å². The minimum Gasteiger partial charge on any atom is -0.462 e. The van der Waals surface area contributed by atoms with Gasteiger partial charge in [0.15, 0.2) is 5.75 Å². The van der Waals surface area contributed by atoms with Crippen molar-refractivity contribution in [2.45, 2.75) is 0 Å². The number of H-pyrrole nitrogens is 1. The molecule has 2 heteroatoms. The molecule has 2 aromatic rings. The number of aromatic amines is 1. The molecular formula is C12H9NO. The average molecular weight is 183 g/mol. The van der Waals surface area contributed by atoms with Crippen molar-refractivity contribution in [3.63, 3.8) is 0 Å². The number of fused-ring (bicyclic) bond motifs is 3. The summed E-state index contributed by atoms with van der Waals surface area (Å²) in [7, 11) is 0. The molecule has 0 radical (unpaired) electrons. The Labute approximate surface area is 81.5 Å². The smallest absolute Gasteiger partial charge is 0.159 e. The van der Waals surface area contributed by atoms with E-state index in [1.165, 1.54) is 0 Å². The lowest BCUT2D eigenvalue weighted by molar-refractivity contribution is 0.487.